The SMILES string of the molecule is Cc1noc2ncnc(N3CCC[C@@H](C(=O)NC4CCCCC4)C3)c12. The van der Waals surface area contributed by atoms with Crippen LogP contribution in [0.1, 0.15) is 50.6 Å². The number of carbonyl (C=O) groups excluding carboxylic acids is 1. The molecular weight excluding hydrogens is 318 g/mol. The number of hydrogen-bond donors (Lipinski definition) is 1. The molecule has 2 aromatic rings. The summed E-state index contributed by atoms with van der Waals surface area (Å²) in [6.45, 7) is 3.48. The van der Waals surface area contributed by atoms with Crippen molar-refractivity contribution in [3.63, 3.8) is 0 Å². The van der Waals surface area contributed by atoms with Gasteiger partial charge in [-0.25, -0.2) is 4.98 Å². The van der Waals surface area contributed by atoms with Crippen molar-refractivity contribution < 1.29 is 9.32 Å². The molecule has 1 aliphatic heterocycles. The van der Waals surface area contributed by atoms with Gasteiger partial charge in [-0.2, -0.15) is 4.98 Å². The third kappa shape index (κ3) is 3.32. The summed E-state index contributed by atoms with van der Waals surface area (Å²) >= 11 is 0. The summed E-state index contributed by atoms with van der Waals surface area (Å²) in [6.07, 6.45) is 9.42. The van der Waals surface area contributed by atoms with Crippen LogP contribution in [0.3, 0.4) is 0 Å². The topological polar surface area (TPSA) is 84.2 Å². The maximum absolute atomic E-state index is 12.7. The minimum absolute atomic E-state index is 0.0147. The lowest BCUT2D eigenvalue weighted by molar-refractivity contribution is -0.126. The summed E-state index contributed by atoms with van der Waals surface area (Å²) in [5.74, 6) is 1.05. The molecule has 1 saturated carbocycles. The van der Waals surface area contributed by atoms with E-state index in [2.05, 4.69) is 25.3 Å². The van der Waals surface area contributed by atoms with E-state index in [0.29, 0.717) is 18.3 Å². The highest BCUT2D eigenvalue weighted by Gasteiger charge is 2.29. The lowest BCUT2D eigenvalue weighted by Crippen LogP contribution is -2.46. The second kappa shape index (κ2) is 6.98. The molecule has 2 fully saturated rings. The van der Waals surface area contributed by atoms with E-state index in [4.69, 9.17) is 4.52 Å². The number of anilines is 1. The molecule has 25 heavy (non-hydrogen) atoms. The zero-order valence-corrected chi connectivity index (χ0v) is 14.7. The standard InChI is InChI=1S/C18H25N5O2/c1-12-15-16(19-11-20-18(15)25-22-12)23-9-5-6-13(10-23)17(24)21-14-7-3-2-4-8-14/h11,13-14H,2-10H2,1H3,(H,21,24)/t13-/m1/s1. The van der Waals surface area contributed by atoms with E-state index in [1.165, 1.54) is 25.6 Å². The zero-order chi connectivity index (χ0) is 17.2. The van der Waals surface area contributed by atoms with E-state index in [1.807, 2.05) is 6.92 Å². The van der Waals surface area contributed by atoms with Gasteiger partial charge in [0.1, 0.15) is 17.5 Å². The molecule has 1 N–H and O–H groups in total. The van der Waals surface area contributed by atoms with E-state index in [1.54, 1.807) is 0 Å². The van der Waals surface area contributed by atoms with Gasteiger partial charge in [-0.05, 0) is 32.6 Å². The molecule has 0 aromatic carbocycles. The van der Waals surface area contributed by atoms with Crippen molar-refractivity contribution in [1.82, 2.24) is 20.4 Å². The largest absolute Gasteiger partial charge is 0.355 e. The Kier molecular flexibility index (Phi) is 4.55. The van der Waals surface area contributed by atoms with E-state index in [9.17, 15) is 4.79 Å². The number of carbonyl (C=O) groups is 1. The van der Waals surface area contributed by atoms with Crippen LogP contribution in [0.15, 0.2) is 10.9 Å². The van der Waals surface area contributed by atoms with Gasteiger partial charge in [0.15, 0.2) is 0 Å². The van der Waals surface area contributed by atoms with Crippen molar-refractivity contribution in [1.29, 1.82) is 0 Å². The lowest BCUT2D eigenvalue weighted by atomic mass is 9.93. The summed E-state index contributed by atoms with van der Waals surface area (Å²) in [5.41, 5.74) is 1.30. The van der Waals surface area contributed by atoms with Crippen molar-refractivity contribution in [2.24, 2.45) is 5.92 Å². The Morgan fingerprint density at radius 1 is 1.20 bits per heavy atom. The highest BCUT2D eigenvalue weighted by molar-refractivity contribution is 5.88. The minimum atomic E-state index is 0.0147. The molecule has 1 amide bonds. The first-order valence-corrected chi connectivity index (χ1v) is 9.34. The van der Waals surface area contributed by atoms with Gasteiger partial charge in [-0.15, -0.1) is 0 Å². The Morgan fingerprint density at radius 3 is 2.88 bits per heavy atom. The first-order valence-electron chi connectivity index (χ1n) is 9.34. The summed E-state index contributed by atoms with van der Waals surface area (Å²) in [6, 6.07) is 0.364. The maximum Gasteiger partial charge on any atom is 0.263 e. The van der Waals surface area contributed by atoms with Crippen LogP contribution < -0.4 is 10.2 Å². The molecule has 1 atom stereocenters. The number of nitrogens with zero attached hydrogens (tertiary/aromatic N) is 4. The number of rotatable bonds is 3. The van der Waals surface area contributed by atoms with Gasteiger partial charge in [0.25, 0.3) is 5.71 Å². The number of aromatic nitrogens is 3. The van der Waals surface area contributed by atoms with E-state index in [0.717, 1.165) is 49.1 Å². The maximum atomic E-state index is 12.7. The van der Waals surface area contributed by atoms with Crippen molar-refractivity contribution in [2.45, 2.75) is 57.9 Å². The third-order valence-electron chi connectivity index (χ3n) is 5.47. The van der Waals surface area contributed by atoms with Crippen molar-refractivity contribution in [3.05, 3.63) is 12.0 Å². The van der Waals surface area contributed by atoms with E-state index in [-0.39, 0.29) is 11.8 Å². The number of piperidine rings is 1. The van der Waals surface area contributed by atoms with Gasteiger partial charge in [-0.3, -0.25) is 4.79 Å². The average molecular weight is 343 g/mol. The molecule has 1 saturated heterocycles. The van der Waals surface area contributed by atoms with Crippen LogP contribution in [0, 0.1) is 12.8 Å². The molecular formula is C18H25N5O2. The monoisotopic (exact) mass is 343 g/mol. The summed E-state index contributed by atoms with van der Waals surface area (Å²) in [4.78, 5) is 23.5. The molecule has 3 heterocycles. The van der Waals surface area contributed by atoms with Crippen molar-refractivity contribution >= 4 is 22.8 Å². The smallest absolute Gasteiger partial charge is 0.263 e. The van der Waals surface area contributed by atoms with Gasteiger partial charge < -0.3 is 14.7 Å². The predicted octanol–water partition coefficient (Wildman–Crippen LogP) is 2.59. The fourth-order valence-electron chi connectivity index (χ4n) is 4.09. The molecule has 134 valence electrons. The highest BCUT2D eigenvalue weighted by atomic mass is 16.5. The van der Waals surface area contributed by atoms with Crippen LogP contribution in [0.5, 0.6) is 0 Å². The first kappa shape index (κ1) is 16.3. The summed E-state index contributed by atoms with van der Waals surface area (Å²) < 4.78 is 5.25. The van der Waals surface area contributed by atoms with Crippen LogP contribution in [0.2, 0.25) is 0 Å². The fraction of sp³-hybridized carbons (Fsp3) is 0.667. The zero-order valence-electron chi connectivity index (χ0n) is 14.7. The summed E-state index contributed by atoms with van der Waals surface area (Å²) in [7, 11) is 0. The molecule has 4 rings (SSSR count). The van der Waals surface area contributed by atoms with Gasteiger partial charge in [0.05, 0.1) is 11.6 Å². The van der Waals surface area contributed by atoms with Crippen molar-refractivity contribution in [3.8, 4) is 0 Å². The number of aryl methyl sites for hydroxylation is 1. The van der Waals surface area contributed by atoms with Gasteiger partial charge >= 0.3 is 0 Å². The third-order valence-corrected chi connectivity index (χ3v) is 5.47. The molecule has 7 nitrogen and oxygen atoms in total. The molecule has 0 spiro atoms. The normalized spacial score (nSPS) is 22.3. The molecule has 0 bridgehead atoms. The Morgan fingerprint density at radius 2 is 2.04 bits per heavy atom. The van der Waals surface area contributed by atoms with Crippen LogP contribution in [-0.4, -0.2) is 40.2 Å². The molecule has 2 aliphatic rings. The Labute approximate surface area is 147 Å². The van der Waals surface area contributed by atoms with E-state index >= 15 is 0 Å². The lowest BCUT2D eigenvalue weighted by Gasteiger charge is -2.34. The van der Waals surface area contributed by atoms with Crippen molar-refractivity contribution in [2.75, 3.05) is 18.0 Å². The summed E-state index contributed by atoms with van der Waals surface area (Å²) in [5, 5.41) is 8.13. The first-order chi connectivity index (χ1) is 12.2. The Balaban J connectivity index is 1.48. The van der Waals surface area contributed by atoms with E-state index < -0.39 is 0 Å². The van der Waals surface area contributed by atoms with Crippen LogP contribution in [0.25, 0.3) is 11.1 Å². The molecule has 0 unspecified atom stereocenters. The second-order valence-electron chi connectivity index (χ2n) is 7.27. The highest BCUT2D eigenvalue weighted by Crippen LogP contribution is 2.29. The quantitative estimate of drug-likeness (QED) is 0.922. The second-order valence-corrected chi connectivity index (χ2v) is 7.27. The average Bonchev–Trinajstić information content (AvgIpc) is 3.04. The molecule has 2 aromatic heterocycles. The Hall–Kier alpha value is -2.18. The number of amides is 1. The predicted molar refractivity (Wildman–Crippen MR) is 94.3 cm³/mol. The number of hydrogen-bond acceptors (Lipinski definition) is 6. The Bertz CT molecular complexity index is 753. The van der Waals surface area contributed by atoms with Crippen LogP contribution in [-0.2, 0) is 4.79 Å². The van der Waals surface area contributed by atoms with Gasteiger partial charge in [0, 0.05) is 19.1 Å². The molecule has 0 radical (unpaired) electrons. The van der Waals surface area contributed by atoms with Crippen LogP contribution >= 0.6 is 0 Å². The number of nitrogens with one attached hydrogen (secondary N) is 1. The molecule has 7 heteroatoms. The molecule has 1 aliphatic carbocycles. The van der Waals surface area contributed by atoms with Gasteiger partial charge in [0.2, 0.25) is 5.91 Å². The minimum Gasteiger partial charge on any atom is -0.355 e. The number of fused-ring (bicyclic) bond motifs is 1. The van der Waals surface area contributed by atoms with Gasteiger partial charge in [-0.1, -0.05) is 24.4 Å². The fourth-order valence-corrected chi connectivity index (χ4v) is 4.09. The van der Waals surface area contributed by atoms with Crippen LogP contribution in [0.4, 0.5) is 5.82 Å².